The van der Waals surface area contributed by atoms with Crippen LogP contribution in [0.3, 0.4) is 0 Å². The fourth-order valence-electron chi connectivity index (χ4n) is 2.97. The van der Waals surface area contributed by atoms with E-state index in [0.29, 0.717) is 25.9 Å². The Bertz CT molecular complexity index is 633. The first-order chi connectivity index (χ1) is 11.2. The van der Waals surface area contributed by atoms with E-state index in [0.717, 1.165) is 11.1 Å². The van der Waals surface area contributed by atoms with Gasteiger partial charge in [0.25, 0.3) is 0 Å². The molecule has 2 atom stereocenters. The van der Waals surface area contributed by atoms with Crippen LogP contribution in [0.15, 0.2) is 54.9 Å². The van der Waals surface area contributed by atoms with Crippen molar-refractivity contribution in [2.24, 2.45) is 0 Å². The molecule has 5 nitrogen and oxygen atoms in total. The van der Waals surface area contributed by atoms with Gasteiger partial charge >= 0.3 is 6.03 Å². The van der Waals surface area contributed by atoms with E-state index in [4.69, 9.17) is 0 Å². The molecule has 0 unspecified atom stereocenters. The molecule has 1 saturated heterocycles. The average molecular weight is 311 g/mol. The van der Waals surface area contributed by atoms with E-state index in [9.17, 15) is 9.90 Å². The second-order valence-electron chi connectivity index (χ2n) is 5.83. The van der Waals surface area contributed by atoms with Crippen LogP contribution in [0.25, 0.3) is 0 Å². The van der Waals surface area contributed by atoms with Gasteiger partial charge in [-0.1, -0.05) is 36.4 Å². The number of hydrogen-bond acceptors (Lipinski definition) is 3. The van der Waals surface area contributed by atoms with Crippen LogP contribution in [0.5, 0.6) is 0 Å². The first-order valence-corrected chi connectivity index (χ1v) is 7.89. The summed E-state index contributed by atoms with van der Waals surface area (Å²) in [6.07, 6.45) is 4.26. The standard InChI is InChI=1S/C18H21N3O2/c22-17-8-10-21(16(17)11-14-5-2-1-3-6-14)18(23)20-13-15-7-4-9-19-12-15/h1-7,9,12,16-17,22H,8,10-11,13H2,(H,20,23)/t16-,17+/m0/s1. The molecule has 0 bridgehead atoms. The number of likely N-dealkylation sites (tertiary alicyclic amines) is 1. The lowest BCUT2D eigenvalue weighted by molar-refractivity contribution is 0.122. The molecule has 1 aromatic carbocycles. The Morgan fingerprint density at radius 3 is 2.74 bits per heavy atom. The fourth-order valence-corrected chi connectivity index (χ4v) is 2.97. The molecule has 1 aromatic heterocycles. The largest absolute Gasteiger partial charge is 0.391 e. The molecule has 5 heteroatoms. The Kier molecular flexibility index (Phi) is 4.88. The zero-order chi connectivity index (χ0) is 16.1. The van der Waals surface area contributed by atoms with E-state index < -0.39 is 6.10 Å². The third-order valence-corrected chi connectivity index (χ3v) is 4.23. The number of carbonyl (C=O) groups excluding carboxylic acids is 1. The van der Waals surface area contributed by atoms with Gasteiger partial charge in [0.1, 0.15) is 0 Å². The van der Waals surface area contributed by atoms with Gasteiger partial charge in [0.15, 0.2) is 0 Å². The highest BCUT2D eigenvalue weighted by Crippen LogP contribution is 2.22. The molecular formula is C18H21N3O2. The van der Waals surface area contributed by atoms with Gasteiger partial charge in [-0.15, -0.1) is 0 Å². The molecule has 1 aliphatic rings. The van der Waals surface area contributed by atoms with Crippen LogP contribution in [0.2, 0.25) is 0 Å². The number of carbonyl (C=O) groups is 1. The predicted molar refractivity (Wildman–Crippen MR) is 87.7 cm³/mol. The molecule has 120 valence electrons. The van der Waals surface area contributed by atoms with Crippen LogP contribution in [0.4, 0.5) is 4.79 Å². The molecule has 0 spiro atoms. The lowest BCUT2D eigenvalue weighted by Gasteiger charge is -2.26. The summed E-state index contributed by atoms with van der Waals surface area (Å²) in [5, 5.41) is 13.1. The minimum absolute atomic E-state index is 0.133. The summed E-state index contributed by atoms with van der Waals surface area (Å²) in [7, 11) is 0. The van der Waals surface area contributed by atoms with Crippen molar-refractivity contribution in [2.75, 3.05) is 6.54 Å². The van der Waals surface area contributed by atoms with E-state index in [1.54, 1.807) is 17.3 Å². The fraction of sp³-hybridized carbons (Fsp3) is 0.333. The summed E-state index contributed by atoms with van der Waals surface area (Å²) >= 11 is 0. The highest BCUT2D eigenvalue weighted by Gasteiger charge is 2.35. The van der Waals surface area contributed by atoms with Gasteiger partial charge < -0.3 is 15.3 Å². The summed E-state index contributed by atoms with van der Waals surface area (Å²) in [5.74, 6) is 0. The van der Waals surface area contributed by atoms with Crippen molar-refractivity contribution in [1.82, 2.24) is 15.2 Å². The van der Waals surface area contributed by atoms with E-state index in [2.05, 4.69) is 10.3 Å². The number of urea groups is 1. The van der Waals surface area contributed by atoms with Crippen molar-refractivity contribution in [1.29, 1.82) is 0 Å². The van der Waals surface area contributed by atoms with E-state index >= 15 is 0 Å². The summed E-state index contributed by atoms with van der Waals surface area (Å²) < 4.78 is 0. The number of aliphatic hydroxyl groups is 1. The normalized spacial score (nSPS) is 20.5. The summed E-state index contributed by atoms with van der Waals surface area (Å²) in [6.45, 7) is 1.02. The van der Waals surface area contributed by atoms with Gasteiger partial charge in [0.2, 0.25) is 0 Å². The Balaban J connectivity index is 1.62. The number of benzene rings is 1. The van der Waals surface area contributed by atoms with Crippen molar-refractivity contribution >= 4 is 6.03 Å². The summed E-state index contributed by atoms with van der Waals surface area (Å²) in [5.41, 5.74) is 2.09. The molecule has 2 N–H and O–H groups in total. The number of amides is 2. The zero-order valence-electron chi connectivity index (χ0n) is 12.9. The monoisotopic (exact) mass is 311 g/mol. The van der Waals surface area contributed by atoms with Crippen LogP contribution in [0, 0.1) is 0 Å². The number of rotatable bonds is 4. The predicted octanol–water partition coefficient (Wildman–Crippen LogP) is 1.97. The first kappa shape index (κ1) is 15.5. The molecular weight excluding hydrogens is 290 g/mol. The Labute approximate surface area is 136 Å². The smallest absolute Gasteiger partial charge is 0.318 e. The molecule has 1 aliphatic heterocycles. The summed E-state index contributed by atoms with van der Waals surface area (Å²) in [6, 6.07) is 13.4. The maximum Gasteiger partial charge on any atom is 0.318 e. The quantitative estimate of drug-likeness (QED) is 0.907. The SMILES string of the molecule is O=C(NCc1cccnc1)N1CC[C@@H](O)[C@@H]1Cc1ccccc1. The Hall–Kier alpha value is -2.40. The van der Waals surface area contributed by atoms with Crippen LogP contribution in [-0.2, 0) is 13.0 Å². The molecule has 0 aliphatic carbocycles. The minimum atomic E-state index is -0.473. The van der Waals surface area contributed by atoms with Crippen LogP contribution < -0.4 is 5.32 Å². The van der Waals surface area contributed by atoms with Crippen molar-refractivity contribution in [3.63, 3.8) is 0 Å². The van der Waals surface area contributed by atoms with Gasteiger partial charge in [0.05, 0.1) is 12.1 Å². The number of aromatic nitrogens is 1. The maximum absolute atomic E-state index is 12.4. The Morgan fingerprint density at radius 1 is 1.22 bits per heavy atom. The van der Waals surface area contributed by atoms with Crippen LogP contribution in [-0.4, -0.2) is 39.7 Å². The van der Waals surface area contributed by atoms with Crippen molar-refractivity contribution in [3.8, 4) is 0 Å². The van der Waals surface area contributed by atoms with Gasteiger partial charge in [-0.05, 0) is 30.0 Å². The average Bonchev–Trinajstić information content (AvgIpc) is 2.95. The third-order valence-electron chi connectivity index (χ3n) is 4.23. The van der Waals surface area contributed by atoms with Gasteiger partial charge in [0, 0.05) is 25.5 Å². The molecule has 23 heavy (non-hydrogen) atoms. The number of aliphatic hydroxyl groups excluding tert-OH is 1. The zero-order valence-corrected chi connectivity index (χ0v) is 12.9. The third kappa shape index (κ3) is 3.87. The maximum atomic E-state index is 12.4. The first-order valence-electron chi connectivity index (χ1n) is 7.89. The second kappa shape index (κ2) is 7.24. The van der Waals surface area contributed by atoms with E-state index in [1.807, 2.05) is 42.5 Å². The minimum Gasteiger partial charge on any atom is -0.391 e. The number of nitrogens with zero attached hydrogens (tertiary/aromatic N) is 2. The number of pyridine rings is 1. The number of hydrogen-bond donors (Lipinski definition) is 2. The van der Waals surface area contributed by atoms with Crippen molar-refractivity contribution in [3.05, 3.63) is 66.0 Å². The lowest BCUT2D eigenvalue weighted by atomic mass is 10.0. The number of nitrogens with one attached hydrogen (secondary N) is 1. The molecule has 1 fully saturated rings. The van der Waals surface area contributed by atoms with Crippen LogP contribution >= 0.6 is 0 Å². The molecule has 0 saturated carbocycles. The molecule has 0 radical (unpaired) electrons. The van der Waals surface area contributed by atoms with E-state index in [-0.39, 0.29) is 12.1 Å². The van der Waals surface area contributed by atoms with Crippen LogP contribution in [0.1, 0.15) is 17.5 Å². The molecule has 2 heterocycles. The Morgan fingerprint density at radius 2 is 2.00 bits per heavy atom. The van der Waals surface area contributed by atoms with Gasteiger partial charge in [-0.25, -0.2) is 4.79 Å². The van der Waals surface area contributed by atoms with Crippen molar-refractivity contribution in [2.45, 2.75) is 31.5 Å². The van der Waals surface area contributed by atoms with E-state index in [1.165, 1.54) is 0 Å². The highest BCUT2D eigenvalue weighted by atomic mass is 16.3. The molecule has 2 amide bonds. The summed E-state index contributed by atoms with van der Waals surface area (Å²) in [4.78, 5) is 18.2. The second-order valence-corrected chi connectivity index (χ2v) is 5.83. The molecule has 3 rings (SSSR count). The lowest BCUT2D eigenvalue weighted by Crippen LogP contribution is -2.46. The highest BCUT2D eigenvalue weighted by molar-refractivity contribution is 5.75. The van der Waals surface area contributed by atoms with Gasteiger partial charge in [-0.2, -0.15) is 0 Å². The van der Waals surface area contributed by atoms with Gasteiger partial charge in [-0.3, -0.25) is 4.98 Å². The molecule has 2 aromatic rings. The topological polar surface area (TPSA) is 65.5 Å². The van der Waals surface area contributed by atoms with Crippen molar-refractivity contribution < 1.29 is 9.90 Å².